The number of amides is 1. The Morgan fingerprint density at radius 2 is 1.89 bits per heavy atom. The van der Waals surface area contributed by atoms with Crippen molar-refractivity contribution in [1.29, 1.82) is 0 Å². The lowest BCUT2D eigenvalue weighted by molar-refractivity contribution is -0.141. The number of hydrogen-bond acceptors (Lipinski definition) is 4. The molecule has 0 aliphatic heterocycles. The van der Waals surface area contributed by atoms with Crippen molar-refractivity contribution in [2.45, 2.75) is 24.8 Å². The maximum absolute atomic E-state index is 11.8. The molecule has 3 N–H and O–H groups in total. The summed E-state index contributed by atoms with van der Waals surface area (Å²) in [6.45, 7) is 1.32. The van der Waals surface area contributed by atoms with Crippen molar-refractivity contribution < 1.29 is 19.8 Å². The molecule has 0 saturated carbocycles. The van der Waals surface area contributed by atoms with Crippen LogP contribution >= 0.6 is 11.8 Å². The number of rotatable bonds is 6. The fourth-order valence-corrected chi connectivity index (χ4v) is 2.06. The number of carboxylic acids is 1. The summed E-state index contributed by atoms with van der Waals surface area (Å²) in [5.41, 5.74) is 1.46. The molecule has 104 valence electrons. The minimum Gasteiger partial charge on any atom is -0.480 e. The summed E-state index contributed by atoms with van der Waals surface area (Å²) in [6, 6.07) is 5.62. The lowest BCUT2D eigenvalue weighted by Gasteiger charge is -2.17. The van der Waals surface area contributed by atoms with Gasteiger partial charge in [-0.1, -0.05) is 12.1 Å². The van der Waals surface area contributed by atoms with Gasteiger partial charge in [0.25, 0.3) is 5.91 Å². The van der Waals surface area contributed by atoms with Gasteiger partial charge in [-0.3, -0.25) is 4.79 Å². The molecule has 1 aromatic rings. The van der Waals surface area contributed by atoms with Gasteiger partial charge >= 0.3 is 5.97 Å². The van der Waals surface area contributed by atoms with Gasteiger partial charge in [-0.25, -0.2) is 4.79 Å². The Bertz CT molecular complexity index is 444. The summed E-state index contributed by atoms with van der Waals surface area (Å²) in [5.74, 6) is -0.917. The molecule has 0 aliphatic carbocycles. The van der Waals surface area contributed by atoms with E-state index in [2.05, 4.69) is 5.32 Å². The van der Waals surface area contributed by atoms with Crippen molar-refractivity contribution in [2.75, 3.05) is 6.26 Å². The largest absolute Gasteiger partial charge is 0.480 e. The van der Waals surface area contributed by atoms with Crippen LogP contribution < -0.4 is 5.32 Å². The second kappa shape index (κ2) is 7.16. The van der Waals surface area contributed by atoms with E-state index in [1.165, 1.54) is 6.92 Å². The molecule has 1 rings (SSSR count). The summed E-state index contributed by atoms with van der Waals surface area (Å²) in [4.78, 5) is 22.7. The Kier molecular flexibility index (Phi) is 5.85. The van der Waals surface area contributed by atoms with Crippen LogP contribution in [0.5, 0.6) is 0 Å². The number of thioether (sulfide) groups is 1. The fourth-order valence-electron chi connectivity index (χ4n) is 1.53. The van der Waals surface area contributed by atoms with Crippen LogP contribution in [-0.2, 0) is 10.5 Å². The first-order chi connectivity index (χ1) is 8.95. The number of aliphatic hydroxyl groups is 1. The zero-order chi connectivity index (χ0) is 14.4. The number of carboxylic acid groups (broad SMARTS) is 1. The fraction of sp³-hybridized carbons (Fsp3) is 0.385. The molecule has 0 bridgehead atoms. The van der Waals surface area contributed by atoms with E-state index in [-0.39, 0.29) is 0 Å². The molecular formula is C13H17NO4S. The normalized spacial score (nSPS) is 13.6. The van der Waals surface area contributed by atoms with Gasteiger partial charge in [0.1, 0.15) is 0 Å². The van der Waals surface area contributed by atoms with Crippen LogP contribution in [0.15, 0.2) is 24.3 Å². The Hall–Kier alpha value is -1.53. The minimum atomic E-state index is -1.31. The lowest BCUT2D eigenvalue weighted by atomic mass is 10.1. The third-order valence-corrected chi connectivity index (χ3v) is 3.18. The molecule has 0 radical (unpaired) electrons. The number of hydrogen-bond donors (Lipinski definition) is 3. The van der Waals surface area contributed by atoms with Gasteiger partial charge in [-0.05, 0) is 30.9 Å². The van der Waals surface area contributed by atoms with Crippen molar-refractivity contribution >= 4 is 23.6 Å². The standard InChI is InChI=1S/C13H17NO4S/c1-8(15)11(13(17)18)14-12(16)10-5-3-9(4-6-10)7-19-2/h3-6,8,11,15H,7H2,1-2H3,(H,14,16)(H,17,18)/t8-,11+/m1/s1. The van der Waals surface area contributed by atoms with Crippen molar-refractivity contribution in [3.63, 3.8) is 0 Å². The van der Waals surface area contributed by atoms with E-state index in [1.54, 1.807) is 23.9 Å². The SMILES string of the molecule is CSCc1ccc(C(=O)N[C@H](C(=O)O)[C@@H](C)O)cc1. The summed E-state index contributed by atoms with van der Waals surface area (Å²) in [7, 11) is 0. The molecule has 2 atom stereocenters. The molecule has 0 spiro atoms. The van der Waals surface area contributed by atoms with Gasteiger partial charge in [-0.15, -0.1) is 0 Å². The topological polar surface area (TPSA) is 86.6 Å². The van der Waals surface area contributed by atoms with E-state index in [0.717, 1.165) is 11.3 Å². The summed E-state index contributed by atoms with van der Waals surface area (Å²) in [5, 5.41) is 20.5. The molecule has 0 fully saturated rings. The highest BCUT2D eigenvalue weighted by Crippen LogP contribution is 2.10. The Labute approximate surface area is 116 Å². The Morgan fingerprint density at radius 1 is 1.32 bits per heavy atom. The van der Waals surface area contributed by atoms with Crippen LogP contribution in [0, 0.1) is 0 Å². The number of benzene rings is 1. The van der Waals surface area contributed by atoms with E-state index < -0.39 is 24.0 Å². The second-order valence-electron chi connectivity index (χ2n) is 4.16. The van der Waals surface area contributed by atoms with E-state index in [1.807, 2.05) is 18.4 Å². The lowest BCUT2D eigenvalue weighted by Crippen LogP contribution is -2.47. The average molecular weight is 283 g/mol. The van der Waals surface area contributed by atoms with Crippen LogP contribution in [0.2, 0.25) is 0 Å². The van der Waals surface area contributed by atoms with Gasteiger partial charge in [-0.2, -0.15) is 11.8 Å². The second-order valence-corrected chi connectivity index (χ2v) is 5.03. The number of carbonyl (C=O) groups excluding carboxylic acids is 1. The van der Waals surface area contributed by atoms with Crippen molar-refractivity contribution in [1.82, 2.24) is 5.32 Å². The van der Waals surface area contributed by atoms with Gasteiger partial charge in [0.2, 0.25) is 0 Å². The van der Waals surface area contributed by atoms with Crippen LogP contribution in [0.3, 0.4) is 0 Å². The highest BCUT2D eigenvalue weighted by Gasteiger charge is 2.25. The Balaban J connectivity index is 2.74. The minimum absolute atomic E-state index is 0.372. The number of aliphatic hydroxyl groups excluding tert-OH is 1. The highest BCUT2D eigenvalue weighted by atomic mass is 32.2. The number of aliphatic carboxylic acids is 1. The van der Waals surface area contributed by atoms with Crippen molar-refractivity contribution in [3.05, 3.63) is 35.4 Å². The third-order valence-electron chi connectivity index (χ3n) is 2.56. The molecule has 0 heterocycles. The molecule has 5 nitrogen and oxygen atoms in total. The van der Waals surface area contributed by atoms with Gasteiger partial charge in [0, 0.05) is 11.3 Å². The zero-order valence-electron chi connectivity index (χ0n) is 10.8. The number of nitrogens with one attached hydrogen (secondary N) is 1. The maximum Gasteiger partial charge on any atom is 0.328 e. The van der Waals surface area contributed by atoms with Crippen LogP contribution in [0.4, 0.5) is 0 Å². The van der Waals surface area contributed by atoms with E-state index in [9.17, 15) is 14.7 Å². The monoisotopic (exact) mass is 283 g/mol. The van der Waals surface area contributed by atoms with Crippen LogP contribution in [-0.4, -0.2) is 40.5 Å². The maximum atomic E-state index is 11.8. The summed E-state index contributed by atoms with van der Waals surface area (Å²) >= 11 is 1.68. The number of carbonyl (C=O) groups is 2. The summed E-state index contributed by atoms with van der Waals surface area (Å²) < 4.78 is 0. The van der Waals surface area contributed by atoms with Crippen LogP contribution in [0.25, 0.3) is 0 Å². The van der Waals surface area contributed by atoms with E-state index >= 15 is 0 Å². The molecule has 1 aromatic carbocycles. The van der Waals surface area contributed by atoms with Crippen molar-refractivity contribution in [3.8, 4) is 0 Å². The first kappa shape index (κ1) is 15.5. The highest BCUT2D eigenvalue weighted by molar-refractivity contribution is 7.97. The molecule has 0 aromatic heterocycles. The zero-order valence-corrected chi connectivity index (χ0v) is 11.6. The van der Waals surface area contributed by atoms with Gasteiger partial charge in [0.05, 0.1) is 6.10 Å². The summed E-state index contributed by atoms with van der Waals surface area (Å²) in [6.07, 6.45) is 0.831. The predicted octanol–water partition coefficient (Wildman–Crippen LogP) is 1.11. The molecule has 6 heteroatoms. The first-order valence-corrected chi connectivity index (χ1v) is 7.14. The van der Waals surface area contributed by atoms with E-state index in [0.29, 0.717) is 5.56 Å². The molecule has 0 aliphatic rings. The van der Waals surface area contributed by atoms with Gasteiger partial charge < -0.3 is 15.5 Å². The van der Waals surface area contributed by atoms with Crippen LogP contribution in [0.1, 0.15) is 22.8 Å². The molecule has 0 unspecified atom stereocenters. The molecule has 19 heavy (non-hydrogen) atoms. The third kappa shape index (κ3) is 4.57. The quantitative estimate of drug-likeness (QED) is 0.728. The van der Waals surface area contributed by atoms with Crippen molar-refractivity contribution in [2.24, 2.45) is 0 Å². The smallest absolute Gasteiger partial charge is 0.328 e. The molecule has 1 amide bonds. The Morgan fingerprint density at radius 3 is 2.32 bits per heavy atom. The molecule has 0 saturated heterocycles. The van der Waals surface area contributed by atoms with E-state index in [4.69, 9.17) is 5.11 Å². The predicted molar refractivity (Wildman–Crippen MR) is 74.2 cm³/mol. The first-order valence-electron chi connectivity index (χ1n) is 5.75. The molecular weight excluding hydrogens is 266 g/mol. The van der Waals surface area contributed by atoms with Gasteiger partial charge in [0.15, 0.2) is 6.04 Å². The average Bonchev–Trinajstić information content (AvgIpc) is 2.36.